The smallest absolute Gasteiger partial charge is 0.255 e. The van der Waals surface area contributed by atoms with Gasteiger partial charge >= 0.3 is 0 Å². The first-order valence-corrected chi connectivity index (χ1v) is 7.29. The van der Waals surface area contributed by atoms with Gasteiger partial charge in [0.2, 0.25) is 0 Å². The van der Waals surface area contributed by atoms with E-state index in [1.807, 2.05) is 30.0 Å². The molecule has 0 radical (unpaired) electrons. The van der Waals surface area contributed by atoms with Gasteiger partial charge in [-0.25, -0.2) is 0 Å². The quantitative estimate of drug-likeness (QED) is 0.855. The molecular formula is C15H19ClN2O. The van der Waals surface area contributed by atoms with Crippen LogP contribution in [0, 0.1) is 18.8 Å². The molecule has 102 valence electrons. The molecule has 1 aromatic carbocycles. The Morgan fingerprint density at radius 1 is 1.37 bits per heavy atom. The summed E-state index contributed by atoms with van der Waals surface area (Å²) in [6.07, 6.45) is 1.10. The van der Waals surface area contributed by atoms with E-state index in [-0.39, 0.29) is 5.91 Å². The molecule has 3 rings (SSSR count). The molecule has 1 N–H and O–H groups in total. The van der Waals surface area contributed by atoms with Crippen LogP contribution < -0.4 is 5.32 Å². The Hall–Kier alpha value is -1.06. The Morgan fingerprint density at radius 3 is 3.00 bits per heavy atom. The van der Waals surface area contributed by atoms with Crippen molar-refractivity contribution >= 4 is 17.5 Å². The number of rotatable bonds is 1. The highest BCUT2D eigenvalue weighted by molar-refractivity contribution is 6.34. The van der Waals surface area contributed by atoms with E-state index in [2.05, 4.69) is 5.32 Å². The third-order valence-corrected chi connectivity index (χ3v) is 4.92. The fourth-order valence-electron chi connectivity index (χ4n) is 3.20. The summed E-state index contributed by atoms with van der Waals surface area (Å²) in [4.78, 5) is 14.5. The van der Waals surface area contributed by atoms with Crippen molar-refractivity contribution in [2.45, 2.75) is 13.3 Å². The van der Waals surface area contributed by atoms with Crippen LogP contribution in [-0.4, -0.2) is 37.0 Å². The van der Waals surface area contributed by atoms with Crippen molar-refractivity contribution in [3.63, 3.8) is 0 Å². The van der Waals surface area contributed by atoms with Crippen molar-refractivity contribution in [3.8, 4) is 0 Å². The third-order valence-electron chi connectivity index (χ3n) is 4.41. The van der Waals surface area contributed by atoms with E-state index in [1.165, 1.54) is 0 Å². The lowest BCUT2D eigenvalue weighted by atomic mass is 9.88. The van der Waals surface area contributed by atoms with E-state index in [9.17, 15) is 4.79 Å². The lowest BCUT2D eigenvalue weighted by molar-refractivity contribution is 0.0642. The van der Waals surface area contributed by atoms with Gasteiger partial charge in [-0.15, -0.1) is 0 Å². The van der Waals surface area contributed by atoms with Gasteiger partial charge in [0.05, 0.1) is 10.6 Å². The molecule has 0 saturated carbocycles. The Morgan fingerprint density at radius 2 is 2.16 bits per heavy atom. The van der Waals surface area contributed by atoms with Gasteiger partial charge in [0.15, 0.2) is 0 Å². The lowest BCUT2D eigenvalue weighted by Crippen LogP contribution is -2.43. The fraction of sp³-hybridized carbons (Fsp3) is 0.533. The lowest BCUT2D eigenvalue weighted by Gasteiger charge is -2.34. The van der Waals surface area contributed by atoms with Crippen molar-refractivity contribution < 1.29 is 4.79 Å². The molecule has 1 aromatic rings. The summed E-state index contributed by atoms with van der Waals surface area (Å²) in [5, 5.41) is 4.02. The van der Waals surface area contributed by atoms with E-state index in [1.54, 1.807) is 0 Å². The third kappa shape index (κ3) is 2.37. The van der Waals surface area contributed by atoms with Crippen LogP contribution in [0.25, 0.3) is 0 Å². The summed E-state index contributed by atoms with van der Waals surface area (Å²) in [5.74, 6) is 1.44. The summed E-state index contributed by atoms with van der Waals surface area (Å²) in [6.45, 7) is 5.80. The highest BCUT2D eigenvalue weighted by atomic mass is 35.5. The standard InChI is InChI=1S/C15H19ClN2O/c1-10-3-2-4-13(14(10)16)15(19)18-6-5-11-7-17-8-12(11)9-18/h2-4,11-12,17H,5-9H2,1H3. The minimum Gasteiger partial charge on any atom is -0.338 e. The number of nitrogens with zero attached hydrogens (tertiary/aromatic N) is 1. The Labute approximate surface area is 118 Å². The maximum absolute atomic E-state index is 12.6. The number of nitrogens with one attached hydrogen (secondary N) is 1. The maximum atomic E-state index is 12.6. The van der Waals surface area contributed by atoms with E-state index in [0.717, 1.165) is 44.1 Å². The van der Waals surface area contributed by atoms with Crippen LogP contribution in [0.1, 0.15) is 22.3 Å². The monoisotopic (exact) mass is 278 g/mol. The van der Waals surface area contributed by atoms with E-state index in [4.69, 9.17) is 11.6 Å². The molecule has 0 bridgehead atoms. The van der Waals surface area contributed by atoms with E-state index < -0.39 is 0 Å². The van der Waals surface area contributed by atoms with E-state index >= 15 is 0 Å². The van der Waals surface area contributed by atoms with E-state index in [0.29, 0.717) is 16.5 Å². The summed E-state index contributed by atoms with van der Waals surface area (Å²) in [7, 11) is 0. The van der Waals surface area contributed by atoms with Gasteiger partial charge in [-0.1, -0.05) is 23.7 Å². The molecule has 2 heterocycles. The molecule has 4 heteroatoms. The molecule has 1 amide bonds. The second-order valence-corrected chi connectivity index (χ2v) is 6.03. The molecule has 2 aliphatic heterocycles. The summed E-state index contributed by atoms with van der Waals surface area (Å²) in [5.41, 5.74) is 1.61. The van der Waals surface area contributed by atoms with Crippen LogP contribution in [0.3, 0.4) is 0 Å². The van der Waals surface area contributed by atoms with Crippen LogP contribution >= 0.6 is 11.6 Å². The number of aryl methyl sites for hydroxylation is 1. The molecule has 0 aliphatic carbocycles. The minimum absolute atomic E-state index is 0.0825. The number of halogens is 1. The highest BCUT2D eigenvalue weighted by Gasteiger charge is 2.35. The number of hydrogen-bond donors (Lipinski definition) is 1. The summed E-state index contributed by atoms with van der Waals surface area (Å²) in [6, 6.07) is 5.67. The molecular weight excluding hydrogens is 260 g/mol. The Bertz CT molecular complexity index is 503. The van der Waals surface area contributed by atoms with Gasteiger partial charge < -0.3 is 10.2 Å². The summed E-state index contributed by atoms with van der Waals surface area (Å²) < 4.78 is 0. The van der Waals surface area contributed by atoms with Crippen molar-refractivity contribution in [2.75, 3.05) is 26.2 Å². The first kappa shape index (κ1) is 12.9. The van der Waals surface area contributed by atoms with Crippen LogP contribution in [0.15, 0.2) is 18.2 Å². The fourth-order valence-corrected chi connectivity index (χ4v) is 3.41. The molecule has 0 aromatic heterocycles. The average Bonchev–Trinajstić information content (AvgIpc) is 2.88. The normalized spacial score (nSPS) is 26.3. The highest BCUT2D eigenvalue weighted by Crippen LogP contribution is 2.29. The van der Waals surface area contributed by atoms with Crippen LogP contribution in [-0.2, 0) is 0 Å². The number of benzene rings is 1. The van der Waals surface area contributed by atoms with Crippen molar-refractivity contribution in [2.24, 2.45) is 11.8 Å². The van der Waals surface area contributed by atoms with Gasteiger partial charge in [-0.3, -0.25) is 4.79 Å². The Balaban J connectivity index is 1.79. The molecule has 2 saturated heterocycles. The Kier molecular flexibility index (Phi) is 3.50. The number of amides is 1. The molecule has 2 aliphatic rings. The average molecular weight is 279 g/mol. The number of fused-ring (bicyclic) bond motifs is 1. The predicted octanol–water partition coefficient (Wildman–Crippen LogP) is 2.33. The zero-order chi connectivity index (χ0) is 13.4. The first-order valence-electron chi connectivity index (χ1n) is 6.92. The number of likely N-dealkylation sites (tertiary alicyclic amines) is 1. The molecule has 2 fully saturated rings. The first-order chi connectivity index (χ1) is 9.16. The van der Waals surface area contributed by atoms with Crippen molar-refractivity contribution in [3.05, 3.63) is 34.3 Å². The molecule has 2 unspecified atom stereocenters. The van der Waals surface area contributed by atoms with Gasteiger partial charge in [-0.2, -0.15) is 0 Å². The van der Waals surface area contributed by atoms with Crippen LogP contribution in [0.4, 0.5) is 0 Å². The number of piperidine rings is 1. The molecule has 2 atom stereocenters. The minimum atomic E-state index is 0.0825. The van der Waals surface area contributed by atoms with Gasteiger partial charge in [-0.05, 0) is 49.9 Å². The summed E-state index contributed by atoms with van der Waals surface area (Å²) >= 11 is 6.26. The number of carbonyl (C=O) groups is 1. The molecule has 3 nitrogen and oxygen atoms in total. The second-order valence-electron chi connectivity index (χ2n) is 5.65. The van der Waals surface area contributed by atoms with Gasteiger partial charge in [0.1, 0.15) is 0 Å². The SMILES string of the molecule is Cc1cccc(C(=O)N2CCC3CNCC3C2)c1Cl. The zero-order valence-electron chi connectivity index (χ0n) is 11.2. The molecule has 0 spiro atoms. The molecule has 19 heavy (non-hydrogen) atoms. The predicted molar refractivity (Wildman–Crippen MR) is 76.6 cm³/mol. The van der Waals surface area contributed by atoms with Crippen LogP contribution in [0.5, 0.6) is 0 Å². The zero-order valence-corrected chi connectivity index (χ0v) is 11.9. The van der Waals surface area contributed by atoms with Crippen LogP contribution in [0.2, 0.25) is 5.02 Å². The number of carbonyl (C=O) groups excluding carboxylic acids is 1. The number of hydrogen-bond acceptors (Lipinski definition) is 2. The van der Waals surface area contributed by atoms with Crippen molar-refractivity contribution in [1.82, 2.24) is 10.2 Å². The van der Waals surface area contributed by atoms with Gasteiger partial charge in [0.25, 0.3) is 5.91 Å². The second kappa shape index (κ2) is 5.14. The van der Waals surface area contributed by atoms with Gasteiger partial charge in [0, 0.05) is 13.1 Å². The topological polar surface area (TPSA) is 32.3 Å². The van der Waals surface area contributed by atoms with Crippen molar-refractivity contribution in [1.29, 1.82) is 0 Å². The largest absolute Gasteiger partial charge is 0.338 e. The maximum Gasteiger partial charge on any atom is 0.255 e.